The number of thiophene rings is 1. The number of ether oxygens (including phenoxy) is 1. The third-order valence-corrected chi connectivity index (χ3v) is 4.45. The number of hydrogen-bond donors (Lipinski definition) is 2. The normalized spacial score (nSPS) is 14.1. The summed E-state index contributed by atoms with van der Waals surface area (Å²) in [7, 11) is 0. The van der Waals surface area contributed by atoms with Crippen LogP contribution < -0.4 is 5.32 Å². The van der Waals surface area contributed by atoms with Gasteiger partial charge in [0.2, 0.25) is 0 Å². The molecule has 128 valence electrons. The lowest BCUT2D eigenvalue weighted by Crippen LogP contribution is -2.46. The Hall–Kier alpha value is -1.71. The summed E-state index contributed by atoms with van der Waals surface area (Å²) in [5.41, 5.74) is 1.98. The van der Waals surface area contributed by atoms with Crippen LogP contribution in [-0.4, -0.2) is 29.9 Å². The Kier molecular flexibility index (Phi) is 6.95. The standard InChI is InChI=1S/C19H24N2O2S/c1-19(2,10-15-8-9-24-14-15)21-12-17(22)13-23-18(11-20)16-6-4-3-5-7-16/h3-9,14,17-18,21-22H,10,12-13H2,1-2H3. The van der Waals surface area contributed by atoms with Gasteiger partial charge in [-0.3, -0.25) is 0 Å². The second kappa shape index (κ2) is 8.95. The van der Waals surface area contributed by atoms with Gasteiger partial charge in [0.05, 0.1) is 18.8 Å². The average Bonchev–Trinajstić information content (AvgIpc) is 3.07. The van der Waals surface area contributed by atoms with Crippen molar-refractivity contribution >= 4 is 11.3 Å². The van der Waals surface area contributed by atoms with Gasteiger partial charge in [0.15, 0.2) is 6.10 Å². The maximum Gasteiger partial charge on any atom is 0.169 e. The summed E-state index contributed by atoms with van der Waals surface area (Å²) < 4.78 is 5.56. The van der Waals surface area contributed by atoms with Crippen molar-refractivity contribution in [3.63, 3.8) is 0 Å². The predicted octanol–water partition coefficient (Wildman–Crippen LogP) is 3.30. The number of aliphatic hydroxyl groups is 1. The van der Waals surface area contributed by atoms with E-state index in [2.05, 4.69) is 42.1 Å². The van der Waals surface area contributed by atoms with Crippen molar-refractivity contribution in [1.29, 1.82) is 5.26 Å². The summed E-state index contributed by atoms with van der Waals surface area (Å²) in [5, 5.41) is 26.9. The molecule has 0 amide bonds. The summed E-state index contributed by atoms with van der Waals surface area (Å²) in [6.07, 6.45) is -0.416. The zero-order valence-corrected chi connectivity index (χ0v) is 14.9. The summed E-state index contributed by atoms with van der Waals surface area (Å²) in [6.45, 7) is 4.76. The number of benzene rings is 1. The van der Waals surface area contributed by atoms with Crippen molar-refractivity contribution in [1.82, 2.24) is 5.32 Å². The molecule has 2 rings (SSSR count). The van der Waals surface area contributed by atoms with Crippen molar-refractivity contribution in [3.8, 4) is 6.07 Å². The molecule has 0 saturated heterocycles. The highest BCUT2D eigenvalue weighted by Crippen LogP contribution is 2.17. The van der Waals surface area contributed by atoms with E-state index in [0.29, 0.717) is 6.54 Å². The first-order valence-electron chi connectivity index (χ1n) is 8.00. The maximum atomic E-state index is 10.1. The molecule has 0 aliphatic rings. The Balaban J connectivity index is 1.76. The predicted molar refractivity (Wildman–Crippen MR) is 96.9 cm³/mol. The molecule has 2 aromatic rings. The molecule has 1 heterocycles. The molecule has 0 saturated carbocycles. The van der Waals surface area contributed by atoms with Gasteiger partial charge in [0.1, 0.15) is 0 Å². The molecule has 2 atom stereocenters. The molecule has 4 nitrogen and oxygen atoms in total. The monoisotopic (exact) mass is 344 g/mol. The molecule has 0 aliphatic heterocycles. The lowest BCUT2D eigenvalue weighted by Gasteiger charge is -2.27. The van der Waals surface area contributed by atoms with Gasteiger partial charge in [-0.2, -0.15) is 16.6 Å². The van der Waals surface area contributed by atoms with Crippen LogP contribution in [0.15, 0.2) is 47.2 Å². The van der Waals surface area contributed by atoms with Gasteiger partial charge < -0.3 is 15.2 Å². The minimum Gasteiger partial charge on any atom is -0.389 e. The van der Waals surface area contributed by atoms with Crippen LogP contribution in [0.5, 0.6) is 0 Å². The van der Waals surface area contributed by atoms with Crippen molar-refractivity contribution in [3.05, 3.63) is 58.3 Å². The smallest absolute Gasteiger partial charge is 0.169 e. The third-order valence-electron chi connectivity index (χ3n) is 3.72. The van der Waals surface area contributed by atoms with E-state index in [-0.39, 0.29) is 12.1 Å². The first-order chi connectivity index (χ1) is 11.5. The Morgan fingerprint density at radius 2 is 2.04 bits per heavy atom. The lowest BCUT2D eigenvalue weighted by molar-refractivity contribution is 0.00976. The number of nitrogens with one attached hydrogen (secondary N) is 1. The molecule has 0 aliphatic carbocycles. The second-order valence-electron chi connectivity index (χ2n) is 6.48. The van der Waals surface area contributed by atoms with E-state index in [1.165, 1.54) is 5.56 Å². The Bertz CT molecular complexity index is 635. The highest BCUT2D eigenvalue weighted by atomic mass is 32.1. The molecule has 0 bridgehead atoms. The Morgan fingerprint density at radius 1 is 1.29 bits per heavy atom. The molecule has 24 heavy (non-hydrogen) atoms. The van der Waals surface area contributed by atoms with E-state index >= 15 is 0 Å². The first-order valence-corrected chi connectivity index (χ1v) is 8.95. The largest absolute Gasteiger partial charge is 0.389 e. The van der Waals surface area contributed by atoms with E-state index in [0.717, 1.165) is 12.0 Å². The SMILES string of the molecule is CC(C)(Cc1ccsc1)NCC(O)COC(C#N)c1ccccc1. The fraction of sp³-hybridized carbons (Fsp3) is 0.421. The van der Waals surface area contributed by atoms with Crippen molar-refractivity contribution in [2.24, 2.45) is 0 Å². The van der Waals surface area contributed by atoms with Gasteiger partial charge in [-0.15, -0.1) is 0 Å². The number of nitriles is 1. The van der Waals surface area contributed by atoms with Crippen LogP contribution in [0.1, 0.15) is 31.1 Å². The molecular formula is C19H24N2O2S. The fourth-order valence-electron chi connectivity index (χ4n) is 2.46. The average molecular weight is 344 g/mol. The van der Waals surface area contributed by atoms with Crippen LogP contribution >= 0.6 is 11.3 Å². The third kappa shape index (κ3) is 6.06. The van der Waals surface area contributed by atoms with Crippen LogP contribution in [0.25, 0.3) is 0 Å². The number of β-amino-alcohol motifs (C(OH)–C–C–N with tert-alkyl or cyclic N) is 1. The molecule has 0 radical (unpaired) electrons. The zero-order valence-electron chi connectivity index (χ0n) is 14.1. The van der Waals surface area contributed by atoms with E-state index in [4.69, 9.17) is 4.74 Å². The van der Waals surface area contributed by atoms with E-state index < -0.39 is 12.2 Å². The van der Waals surface area contributed by atoms with E-state index in [1.54, 1.807) is 11.3 Å². The van der Waals surface area contributed by atoms with Gasteiger partial charge in [0, 0.05) is 12.1 Å². The molecule has 5 heteroatoms. The maximum absolute atomic E-state index is 10.1. The number of hydrogen-bond acceptors (Lipinski definition) is 5. The van der Waals surface area contributed by atoms with Gasteiger partial charge in [-0.1, -0.05) is 30.3 Å². The van der Waals surface area contributed by atoms with Crippen LogP contribution in [0.2, 0.25) is 0 Å². The van der Waals surface area contributed by atoms with Crippen molar-refractivity contribution in [2.75, 3.05) is 13.2 Å². The molecular weight excluding hydrogens is 320 g/mol. The molecule has 1 aromatic heterocycles. The van der Waals surface area contributed by atoms with Gasteiger partial charge in [0.25, 0.3) is 0 Å². The van der Waals surface area contributed by atoms with Crippen LogP contribution in [-0.2, 0) is 11.2 Å². The van der Waals surface area contributed by atoms with Gasteiger partial charge >= 0.3 is 0 Å². The summed E-state index contributed by atoms with van der Waals surface area (Å²) in [6, 6.07) is 13.6. The summed E-state index contributed by atoms with van der Waals surface area (Å²) in [4.78, 5) is 0. The molecule has 0 fully saturated rings. The fourth-order valence-corrected chi connectivity index (χ4v) is 3.13. The number of rotatable bonds is 9. The lowest BCUT2D eigenvalue weighted by atomic mass is 9.96. The van der Waals surface area contributed by atoms with Crippen LogP contribution in [0.3, 0.4) is 0 Å². The van der Waals surface area contributed by atoms with Crippen LogP contribution in [0, 0.1) is 11.3 Å². The quantitative estimate of drug-likeness (QED) is 0.732. The van der Waals surface area contributed by atoms with E-state index in [9.17, 15) is 10.4 Å². The molecule has 1 aromatic carbocycles. The summed E-state index contributed by atoms with van der Waals surface area (Å²) in [5.74, 6) is 0. The second-order valence-corrected chi connectivity index (χ2v) is 7.26. The molecule has 2 N–H and O–H groups in total. The van der Waals surface area contributed by atoms with Gasteiger partial charge in [-0.25, -0.2) is 0 Å². The topological polar surface area (TPSA) is 65.3 Å². The number of nitrogens with zero attached hydrogens (tertiary/aromatic N) is 1. The minimum absolute atomic E-state index is 0.115. The minimum atomic E-state index is -0.661. The molecule has 0 spiro atoms. The van der Waals surface area contributed by atoms with E-state index in [1.807, 2.05) is 30.3 Å². The molecule has 2 unspecified atom stereocenters. The zero-order chi connectivity index (χ0) is 17.4. The first kappa shape index (κ1) is 18.6. The summed E-state index contributed by atoms with van der Waals surface area (Å²) >= 11 is 1.69. The van der Waals surface area contributed by atoms with Crippen molar-refractivity contribution < 1.29 is 9.84 Å². The Morgan fingerprint density at radius 3 is 2.67 bits per heavy atom. The highest BCUT2D eigenvalue weighted by Gasteiger charge is 2.20. The highest BCUT2D eigenvalue weighted by molar-refractivity contribution is 7.07. The van der Waals surface area contributed by atoms with Gasteiger partial charge in [-0.05, 0) is 48.2 Å². The number of aliphatic hydroxyl groups excluding tert-OH is 1. The van der Waals surface area contributed by atoms with Crippen molar-refractivity contribution in [2.45, 2.75) is 38.0 Å². The Labute approximate surface area is 147 Å². The van der Waals surface area contributed by atoms with Crippen LogP contribution in [0.4, 0.5) is 0 Å².